The van der Waals surface area contributed by atoms with Gasteiger partial charge >= 0.3 is 0 Å². The molecule has 13 nitrogen and oxygen atoms in total. The van der Waals surface area contributed by atoms with Gasteiger partial charge in [-0.1, -0.05) is 0 Å². The van der Waals surface area contributed by atoms with Gasteiger partial charge in [0.15, 0.2) is 5.96 Å². The molecule has 0 aliphatic carbocycles. The van der Waals surface area contributed by atoms with E-state index in [9.17, 15) is 21.4 Å². The van der Waals surface area contributed by atoms with Crippen LogP contribution in [0.15, 0.2) is 95.9 Å². The third-order valence-electron chi connectivity index (χ3n) is 4.61. The molecule has 0 saturated carbocycles. The summed E-state index contributed by atoms with van der Waals surface area (Å²) in [5.74, 6) is 0.230. The van der Waals surface area contributed by atoms with Crippen molar-refractivity contribution in [1.82, 2.24) is 0 Å². The monoisotopic (exact) mass is 531 g/mol. The Bertz CT molecular complexity index is 1580. The zero-order valence-electron chi connectivity index (χ0n) is 18.9. The standard InChI is InChI=1S/C21H21N7O6S2/c1-13-11-15(24-21(22)23-2)5-9-18(13)27-28-19-10-6-16(12-20(19)36(32,33)34)26-25-14-3-7-17(8-4-14)35(29,30)31/h3-12H,1-2H3,(H3,22,23,24)(H,29,30,31)(H,32,33,34). The van der Waals surface area contributed by atoms with Crippen molar-refractivity contribution in [2.45, 2.75) is 16.7 Å². The van der Waals surface area contributed by atoms with E-state index in [-0.39, 0.29) is 27.9 Å². The molecule has 0 aliphatic rings. The molecule has 0 aliphatic heterocycles. The summed E-state index contributed by atoms with van der Waals surface area (Å²) >= 11 is 0. The van der Waals surface area contributed by atoms with Crippen LogP contribution in [0.3, 0.4) is 0 Å². The van der Waals surface area contributed by atoms with Crippen LogP contribution in [0.2, 0.25) is 0 Å². The fourth-order valence-electron chi connectivity index (χ4n) is 2.81. The number of anilines is 1. The highest BCUT2D eigenvalue weighted by Crippen LogP contribution is 2.32. The number of aryl methyl sites for hydroxylation is 1. The quantitative estimate of drug-likeness (QED) is 0.145. The molecule has 0 atom stereocenters. The Morgan fingerprint density at radius 2 is 1.36 bits per heavy atom. The molecule has 3 rings (SSSR count). The van der Waals surface area contributed by atoms with E-state index in [1.807, 2.05) is 0 Å². The third-order valence-corrected chi connectivity index (χ3v) is 6.36. The topological polar surface area (TPSA) is 209 Å². The Morgan fingerprint density at radius 3 is 1.94 bits per heavy atom. The number of rotatable bonds is 7. The first-order chi connectivity index (χ1) is 16.9. The third kappa shape index (κ3) is 6.98. The van der Waals surface area contributed by atoms with Crippen LogP contribution >= 0.6 is 0 Å². The largest absolute Gasteiger partial charge is 0.370 e. The van der Waals surface area contributed by atoms with Crippen molar-refractivity contribution in [3.05, 3.63) is 66.2 Å². The smallest absolute Gasteiger partial charge is 0.296 e. The highest BCUT2D eigenvalue weighted by atomic mass is 32.2. The molecular weight excluding hydrogens is 510 g/mol. The maximum absolute atomic E-state index is 11.9. The van der Waals surface area contributed by atoms with E-state index >= 15 is 0 Å². The van der Waals surface area contributed by atoms with Gasteiger partial charge in [0, 0.05) is 12.7 Å². The molecule has 188 valence electrons. The fraction of sp³-hybridized carbons (Fsp3) is 0.0952. The average molecular weight is 532 g/mol. The van der Waals surface area contributed by atoms with Crippen molar-refractivity contribution in [3.8, 4) is 0 Å². The van der Waals surface area contributed by atoms with Crippen LogP contribution in [0, 0.1) is 6.92 Å². The van der Waals surface area contributed by atoms with Gasteiger partial charge < -0.3 is 11.1 Å². The van der Waals surface area contributed by atoms with Crippen molar-refractivity contribution < 1.29 is 25.9 Å². The minimum Gasteiger partial charge on any atom is -0.370 e. The van der Waals surface area contributed by atoms with E-state index in [0.717, 1.165) is 18.2 Å². The van der Waals surface area contributed by atoms with Crippen LogP contribution in [-0.4, -0.2) is 38.9 Å². The summed E-state index contributed by atoms with van der Waals surface area (Å²) < 4.78 is 64.8. The molecule has 0 fully saturated rings. The second-order valence-corrected chi connectivity index (χ2v) is 10.0. The van der Waals surface area contributed by atoms with Gasteiger partial charge in [-0.3, -0.25) is 14.1 Å². The molecule has 0 amide bonds. The van der Waals surface area contributed by atoms with Crippen LogP contribution in [0.25, 0.3) is 0 Å². The number of hydrogen-bond donors (Lipinski definition) is 4. The van der Waals surface area contributed by atoms with Gasteiger partial charge in [0.2, 0.25) is 0 Å². The molecule has 0 aromatic heterocycles. The van der Waals surface area contributed by atoms with Gasteiger partial charge in [0.05, 0.1) is 22.0 Å². The highest BCUT2D eigenvalue weighted by Gasteiger charge is 2.17. The first-order valence-corrected chi connectivity index (χ1v) is 12.9. The summed E-state index contributed by atoms with van der Waals surface area (Å²) in [5.41, 5.74) is 7.67. The zero-order valence-corrected chi connectivity index (χ0v) is 20.6. The van der Waals surface area contributed by atoms with Crippen molar-refractivity contribution in [1.29, 1.82) is 0 Å². The van der Waals surface area contributed by atoms with Crippen molar-refractivity contribution >= 4 is 54.6 Å². The summed E-state index contributed by atoms with van der Waals surface area (Å²) in [4.78, 5) is 2.96. The number of guanidine groups is 1. The number of benzene rings is 3. The second kappa shape index (κ2) is 10.7. The van der Waals surface area contributed by atoms with Crippen LogP contribution in [0.1, 0.15) is 5.56 Å². The average Bonchev–Trinajstić information content (AvgIpc) is 2.81. The molecule has 0 unspecified atom stereocenters. The molecular formula is C21H21N7O6S2. The predicted molar refractivity (Wildman–Crippen MR) is 133 cm³/mol. The Balaban J connectivity index is 1.87. The number of nitrogens with one attached hydrogen (secondary N) is 1. The predicted octanol–water partition coefficient (Wildman–Crippen LogP) is 4.68. The zero-order chi connectivity index (χ0) is 26.5. The van der Waals surface area contributed by atoms with Crippen LogP contribution in [0.5, 0.6) is 0 Å². The Kier molecular flexibility index (Phi) is 7.89. The number of aliphatic imine (C=N–C) groups is 1. The maximum Gasteiger partial charge on any atom is 0.296 e. The lowest BCUT2D eigenvalue weighted by atomic mass is 10.2. The van der Waals surface area contributed by atoms with Crippen molar-refractivity contribution in [3.63, 3.8) is 0 Å². The lowest BCUT2D eigenvalue weighted by molar-refractivity contribution is 0.481. The van der Waals surface area contributed by atoms with E-state index in [0.29, 0.717) is 16.9 Å². The minimum atomic E-state index is -4.69. The molecule has 0 radical (unpaired) electrons. The van der Waals surface area contributed by atoms with Crippen molar-refractivity contribution in [2.24, 2.45) is 31.2 Å². The molecule has 5 N–H and O–H groups in total. The molecule has 3 aromatic rings. The van der Waals surface area contributed by atoms with E-state index in [1.54, 1.807) is 32.2 Å². The van der Waals surface area contributed by atoms with Crippen LogP contribution in [0.4, 0.5) is 28.4 Å². The number of hydrogen-bond acceptors (Lipinski definition) is 9. The minimum absolute atomic E-state index is 0.0715. The van der Waals surface area contributed by atoms with Gasteiger partial charge in [-0.15, -0.1) is 5.11 Å². The summed E-state index contributed by atoms with van der Waals surface area (Å²) in [6.45, 7) is 1.77. The van der Waals surface area contributed by atoms with Crippen LogP contribution < -0.4 is 11.1 Å². The molecule has 15 heteroatoms. The molecule has 0 heterocycles. The number of nitrogens with zero attached hydrogens (tertiary/aromatic N) is 5. The first-order valence-electron chi connectivity index (χ1n) is 9.99. The summed E-state index contributed by atoms with van der Waals surface area (Å²) in [7, 11) is -7.49. The van der Waals surface area contributed by atoms with Gasteiger partial charge in [-0.25, -0.2) is 0 Å². The normalized spacial score (nSPS) is 12.9. The van der Waals surface area contributed by atoms with Gasteiger partial charge in [-0.05, 0) is 73.2 Å². The Morgan fingerprint density at radius 1 is 0.778 bits per heavy atom. The second-order valence-electron chi connectivity index (χ2n) is 7.23. The fourth-order valence-corrected chi connectivity index (χ4v) is 3.93. The lowest BCUT2D eigenvalue weighted by Crippen LogP contribution is -2.21. The highest BCUT2D eigenvalue weighted by molar-refractivity contribution is 7.86. The molecule has 0 spiro atoms. The van der Waals surface area contributed by atoms with Gasteiger partial charge in [-0.2, -0.15) is 32.2 Å². The lowest BCUT2D eigenvalue weighted by Gasteiger charge is -2.07. The van der Waals surface area contributed by atoms with Gasteiger partial charge in [0.1, 0.15) is 10.6 Å². The summed E-state index contributed by atoms with van der Waals surface area (Å²) in [6.07, 6.45) is 0. The summed E-state index contributed by atoms with van der Waals surface area (Å²) in [6, 6.07) is 13.7. The molecule has 0 bridgehead atoms. The first kappa shape index (κ1) is 26.6. The SMILES string of the molecule is CN=C(N)Nc1ccc(N=Nc2ccc(N=Nc3ccc(S(=O)(=O)O)cc3)cc2S(=O)(=O)O)c(C)c1. The Labute approximate surface area is 207 Å². The van der Waals surface area contributed by atoms with E-state index < -0.39 is 25.1 Å². The van der Waals surface area contributed by atoms with Crippen molar-refractivity contribution in [2.75, 3.05) is 12.4 Å². The number of nitrogens with two attached hydrogens (primary N) is 1. The van der Waals surface area contributed by atoms with E-state index in [4.69, 9.17) is 10.3 Å². The molecule has 36 heavy (non-hydrogen) atoms. The van der Waals surface area contributed by atoms with E-state index in [1.165, 1.54) is 24.3 Å². The van der Waals surface area contributed by atoms with Crippen LogP contribution in [-0.2, 0) is 20.2 Å². The molecule has 3 aromatic carbocycles. The van der Waals surface area contributed by atoms with Gasteiger partial charge in [0.25, 0.3) is 20.2 Å². The maximum atomic E-state index is 11.9. The van der Waals surface area contributed by atoms with E-state index in [2.05, 4.69) is 30.8 Å². The molecule has 0 saturated heterocycles. The Hall–Kier alpha value is -4.05. The summed E-state index contributed by atoms with van der Waals surface area (Å²) in [5, 5.41) is 18.7. The number of azo groups is 2.